The van der Waals surface area contributed by atoms with E-state index in [0.29, 0.717) is 0 Å². The number of imidazole rings is 1. The molecule has 3 heterocycles. The van der Waals surface area contributed by atoms with Gasteiger partial charge in [-0.2, -0.15) is 0 Å². The molecule has 7 heteroatoms. The van der Waals surface area contributed by atoms with Crippen molar-refractivity contribution in [3.63, 3.8) is 0 Å². The van der Waals surface area contributed by atoms with Gasteiger partial charge in [0.05, 0.1) is 10.2 Å². The molecule has 0 atom stereocenters. The van der Waals surface area contributed by atoms with E-state index in [-0.39, 0.29) is 11.9 Å². The van der Waals surface area contributed by atoms with Crippen LogP contribution in [0.1, 0.15) is 23.2 Å². The second-order valence-electron chi connectivity index (χ2n) is 6.05. The van der Waals surface area contributed by atoms with E-state index < -0.39 is 0 Å². The number of nitrogens with one attached hydrogen (secondary N) is 1. The van der Waals surface area contributed by atoms with Gasteiger partial charge in [0.1, 0.15) is 4.60 Å². The third-order valence-electron chi connectivity index (χ3n) is 4.38. The molecular weight excluding hydrogens is 376 g/mol. The highest BCUT2D eigenvalue weighted by Gasteiger charge is 2.19. The number of thiazole rings is 1. The Balaban J connectivity index is 1.57. The number of carbonyl (C=O) groups is 1. The number of hydrogen-bond acceptors (Lipinski definition) is 4. The van der Waals surface area contributed by atoms with E-state index in [1.165, 1.54) is 0 Å². The molecule has 0 aliphatic carbocycles. The topological polar surface area (TPSA) is 49.6 Å². The van der Waals surface area contributed by atoms with Crippen LogP contribution in [-0.4, -0.2) is 46.4 Å². The molecule has 1 fully saturated rings. The Morgan fingerprint density at radius 2 is 2.17 bits per heavy atom. The minimum Gasteiger partial charge on any atom is -0.349 e. The lowest BCUT2D eigenvalue weighted by Crippen LogP contribution is -2.43. The molecule has 1 N–H and O–H groups in total. The summed E-state index contributed by atoms with van der Waals surface area (Å²) in [5.41, 5.74) is 1.80. The van der Waals surface area contributed by atoms with Crippen molar-refractivity contribution >= 4 is 48.4 Å². The monoisotopic (exact) mass is 392 g/mol. The van der Waals surface area contributed by atoms with Gasteiger partial charge in [0.2, 0.25) is 0 Å². The maximum Gasteiger partial charge on any atom is 0.251 e. The van der Waals surface area contributed by atoms with Gasteiger partial charge in [0.15, 0.2) is 4.96 Å². The molecule has 5 nitrogen and oxygen atoms in total. The first-order chi connectivity index (χ1) is 11.1. The number of hydrogen-bond donors (Lipinski definition) is 1. The smallest absolute Gasteiger partial charge is 0.251 e. The molecule has 1 amide bonds. The van der Waals surface area contributed by atoms with E-state index >= 15 is 0 Å². The van der Waals surface area contributed by atoms with Crippen LogP contribution >= 0.6 is 27.3 Å². The molecular formula is C16H17BrN4OS. The normalized spacial score (nSPS) is 17.1. The Morgan fingerprint density at radius 3 is 2.96 bits per heavy atom. The van der Waals surface area contributed by atoms with E-state index in [0.717, 1.165) is 51.3 Å². The largest absolute Gasteiger partial charge is 0.349 e. The summed E-state index contributed by atoms with van der Waals surface area (Å²) in [6, 6.07) is 6.14. The molecule has 0 bridgehead atoms. The molecule has 0 spiro atoms. The summed E-state index contributed by atoms with van der Waals surface area (Å²) >= 11 is 4.99. The molecule has 3 aromatic rings. The summed E-state index contributed by atoms with van der Waals surface area (Å²) in [5, 5.41) is 3.17. The van der Waals surface area contributed by atoms with E-state index in [1.807, 2.05) is 28.8 Å². The van der Waals surface area contributed by atoms with Gasteiger partial charge in [-0.1, -0.05) is 11.3 Å². The number of nitrogens with zero attached hydrogens (tertiary/aromatic N) is 3. The van der Waals surface area contributed by atoms with Crippen molar-refractivity contribution in [2.24, 2.45) is 0 Å². The van der Waals surface area contributed by atoms with E-state index in [1.54, 1.807) is 11.3 Å². The van der Waals surface area contributed by atoms with Crippen LogP contribution in [0.15, 0.2) is 29.0 Å². The lowest BCUT2D eigenvalue weighted by atomic mass is 10.0. The minimum atomic E-state index is 0.0219. The van der Waals surface area contributed by atoms with Crippen molar-refractivity contribution in [2.45, 2.75) is 18.9 Å². The lowest BCUT2D eigenvalue weighted by Gasteiger charge is -2.29. The Bertz CT molecular complexity index is 879. The van der Waals surface area contributed by atoms with Gasteiger partial charge in [0.25, 0.3) is 5.91 Å². The van der Waals surface area contributed by atoms with Crippen molar-refractivity contribution in [3.05, 3.63) is 34.6 Å². The Kier molecular flexibility index (Phi) is 3.87. The molecule has 4 rings (SSSR count). The Labute approximate surface area is 146 Å². The van der Waals surface area contributed by atoms with Crippen LogP contribution in [0.5, 0.6) is 0 Å². The highest BCUT2D eigenvalue weighted by atomic mass is 79.9. The number of halogens is 1. The summed E-state index contributed by atoms with van der Waals surface area (Å²) in [6.07, 6.45) is 3.99. The zero-order valence-corrected chi connectivity index (χ0v) is 15.2. The highest BCUT2D eigenvalue weighted by molar-refractivity contribution is 9.10. The molecule has 0 unspecified atom stereocenters. The SMILES string of the molecule is CN1CCC(NC(=O)c2ccc3c(c2)sc2nc(Br)cn23)CC1. The molecule has 0 saturated carbocycles. The second kappa shape index (κ2) is 5.89. The number of piperidine rings is 1. The van der Waals surface area contributed by atoms with Crippen LogP contribution in [0, 0.1) is 0 Å². The van der Waals surface area contributed by atoms with Gasteiger partial charge in [0, 0.05) is 17.8 Å². The van der Waals surface area contributed by atoms with Crippen LogP contribution in [0.2, 0.25) is 0 Å². The van der Waals surface area contributed by atoms with Gasteiger partial charge in [-0.05, 0) is 67.1 Å². The fourth-order valence-electron chi connectivity index (χ4n) is 3.04. The molecule has 120 valence electrons. The molecule has 0 radical (unpaired) electrons. The number of carbonyl (C=O) groups excluding carboxylic acids is 1. The number of benzene rings is 1. The van der Waals surface area contributed by atoms with Crippen molar-refractivity contribution in [1.82, 2.24) is 19.6 Å². The van der Waals surface area contributed by atoms with Crippen LogP contribution in [0.25, 0.3) is 15.2 Å². The fraction of sp³-hybridized carbons (Fsp3) is 0.375. The van der Waals surface area contributed by atoms with Crippen molar-refractivity contribution in [3.8, 4) is 0 Å². The van der Waals surface area contributed by atoms with Crippen molar-refractivity contribution < 1.29 is 4.79 Å². The zero-order chi connectivity index (χ0) is 16.0. The zero-order valence-electron chi connectivity index (χ0n) is 12.8. The average Bonchev–Trinajstić information content (AvgIpc) is 3.04. The Hall–Kier alpha value is -1.44. The summed E-state index contributed by atoms with van der Waals surface area (Å²) in [4.78, 5) is 20.1. The molecule has 1 aliphatic heterocycles. The molecule has 2 aromatic heterocycles. The lowest BCUT2D eigenvalue weighted by molar-refractivity contribution is 0.0917. The quantitative estimate of drug-likeness (QED) is 0.728. The number of amides is 1. The number of likely N-dealkylation sites (tertiary alicyclic amines) is 1. The summed E-state index contributed by atoms with van der Waals surface area (Å²) in [7, 11) is 2.12. The molecule has 1 saturated heterocycles. The van der Waals surface area contributed by atoms with Gasteiger partial charge in [-0.15, -0.1) is 0 Å². The predicted molar refractivity (Wildman–Crippen MR) is 96.3 cm³/mol. The maximum absolute atomic E-state index is 12.5. The van der Waals surface area contributed by atoms with E-state index in [4.69, 9.17) is 0 Å². The Morgan fingerprint density at radius 1 is 1.39 bits per heavy atom. The third-order valence-corrected chi connectivity index (χ3v) is 5.78. The molecule has 1 aliphatic rings. The number of fused-ring (bicyclic) bond motifs is 3. The predicted octanol–water partition coefficient (Wildman–Crippen LogP) is 3.14. The van der Waals surface area contributed by atoms with Crippen molar-refractivity contribution in [1.29, 1.82) is 0 Å². The summed E-state index contributed by atoms with van der Waals surface area (Å²) in [5.74, 6) is 0.0219. The highest BCUT2D eigenvalue weighted by Crippen LogP contribution is 2.28. The number of rotatable bonds is 2. The first kappa shape index (κ1) is 15.1. The number of aromatic nitrogens is 2. The minimum absolute atomic E-state index is 0.0219. The third kappa shape index (κ3) is 2.88. The standard InChI is InChI=1S/C16H17BrN4OS/c1-20-6-4-11(5-7-20)18-15(22)10-2-3-12-13(8-10)23-16-19-14(17)9-21(12)16/h2-3,8-9,11H,4-7H2,1H3,(H,18,22). The summed E-state index contributed by atoms with van der Waals surface area (Å²) < 4.78 is 3.95. The van der Waals surface area contributed by atoms with Crippen LogP contribution in [0.3, 0.4) is 0 Å². The van der Waals surface area contributed by atoms with Gasteiger partial charge >= 0.3 is 0 Å². The van der Waals surface area contributed by atoms with Gasteiger partial charge < -0.3 is 10.2 Å². The molecule has 1 aromatic carbocycles. The molecule has 23 heavy (non-hydrogen) atoms. The first-order valence-electron chi connectivity index (χ1n) is 7.67. The van der Waals surface area contributed by atoms with Gasteiger partial charge in [-0.3, -0.25) is 9.20 Å². The summed E-state index contributed by atoms with van der Waals surface area (Å²) in [6.45, 7) is 2.09. The average molecular weight is 393 g/mol. The van der Waals surface area contributed by atoms with E-state index in [2.05, 4.69) is 38.2 Å². The maximum atomic E-state index is 12.5. The van der Waals surface area contributed by atoms with Crippen LogP contribution in [-0.2, 0) is 0 Å². The van der Waals surface area contributed by atoms with Gasteiger partial charge in [-0.25, -0.2) is 4.98 Å². The van der Waals surface area contributed by atoms with Crippen LogP contribution in [0.4, 0.5) is 0 Å². The first-order valence-corrected chi connectivity index (χ1v) is 9.28. The fourth-order valence-corrected chi connectivity index (χ4v) is 4.57. The van der Waals surface area contributed by atoms with Crippen LogP contribution < -0.4 is 5.32 Å². The van der Waals surface area contributed by atoms with E-state index in [9.17, 15) is 4.79 Å². The van der Waals surface area contributed by atoms with Crippen molar-refractivity contribution in [2.75, 3.05) is 20.1 Å². The second-order valence-corrected chi connectivity index (χ2v) is 7.87.